The van der Waals surface area contributed by atoms with Crippen molar-refractivity contribution in [1.29, 1.82) is 0 Å². The van der Waals surface area contributed by atoms with Crippen molar-refractivity contribution in [3.63, 3.8) is 0 Å². The summed E-state index contributed by atoms with van der Waals surface area (Å²) in [7, 11) is 1.30. The molecule has 3 unspecified atom stereocenters. The van der Waals surface area contributed by atoms with Crippen LogP contribution in [0.3, 0.4) is 0 Å². The largest absolute Gasteiger partial charge is 0.467 e. The molecule has 2 rings (SSSR count). The fourth-order valence-electron chi connectivity index (χ4n) is 2.88. The van der Waals surface area contributed by atoms with Crippen LogP contribution in [0.5, 0.6) is 0 Å². The molecule has 1 aliphatic carbocycles. The van der Waals surface area contributed by atoms with Crippen molar-refractivity contribution in [3.05, 3.63) is 0 Å². The van der Waals surface area contributed by atoms with Gasteiger partial charge in [-0.2, -0.15) is 0 Å². The molecular formula is C12H21NO4. The fraction of sp³-hybridized carbons (Fsp3) is 0.917. The summed E-state index contributed by atoms with van der Waals surface area (Å²) < 4.78 is 10.3. The summed E-state index contributed by atoms with van der Waals surface area (Å²) in [4.78, 5) is 13.6. The minimum Gasteiger partial charge on any atom is -0.467 e. The minimum absolute atomic E-state index is 0.275. The highest BCUT2D eigenvalue weighted by molar-refractivity contribution is 5.78. The molecule has 1 aliphatic heterocycles. The van der Waals surface area contributed by atoms with Gasteiger partial charge in [0, 0.05) is 19.1 Å². The number of β-amino-alcohol motifs (C(OH)–C–C–N with tert-alkyl or cyclic N) is 1. The van der Waals surface area contributed by atoms with E-state index in [0.29, 0.717) is 19.2 Å². The van der Waals surface area contributed by atoms with E-state index in [0.717, 1.165) is 25.8 Å². The zero-order valence-corrected chi connectivity index (χ0v) is 10.5. The van der Waals surface area contributed by atoms with Gasteiger partial charge in [-0.15, -0.1) is 0 Å². The zero-order chi connectivity index (χ0) is 12.5. The molecule has 0 radical (unpaired) electrons. The number of rotatable bonds is 3. The van der Waals surface area contributed by atoms with Crippen LogP contribution in [0.25, 0.3) is 0 Å². The molecule has 1 N–H and O–H groups in total. The summed E-state index contributed by atoms with van der Waals surface area (Å²) in [6.45, 7) is 3.29. The van der Waals surface area contributed by atoms with Gasteiger partial charge in [0.1, 0.15) is 0 Å². The highest BCUT2D eigenvalue weighted by Gasteiger charge is 2.41. The Balaban J connectivity index is 2.00. The molecule has 5 nitrogen and oxygen atoms in total. The van der Waals surface area contributed by atoms with Crippen LogP contribution in [0.2, 0.25) is 0 Å². The third kappa shape index (κ3) is 2.61. The summed E-state index contributed by atoms with van der Waals surface area (Å²) in [5.41, 5.74) is -1.43. The molecule has 1 saturated carbocycles. The third-order valence-electron chi connectivity index (χ3n) is 3.73. The maximum absolute atomic E-state index is 11.5. The van der Waals surface area contributed by atoms with Gasteiger partial charge in [-0.1, -0.05) is 0 Å². The summed E-state index contributed by atoms with van der Waals surface area (Å²) in [5.74, 6) is -0.571. The first-order valence-electron chi connectivity index (χ1n) is 6.21. The van der Waals surface area contributed by atoms with E-state index >= 15 is 0 Å². The molecule has 0 aromatic heterocycles. The van der Waals surface area contributed by atoms with Crippen molar-refractivity contribution in [2.75, 3.05) is 26.8 Å². The van der Waals surface area contributed by atoms with Crippen molar-refractivity contribution >= 4 is 5.97 Å². The van der Waals surface area contributed by atoms with Gasteiger partial charge >= 0.3 is 5.97 Å². The van der Waals surface area contributed by atoms with Crippen molar-refractivity contribution in [1.82, 2.24) is 4.90 Å². The van der Waals surface area contributed by atoms with E-state index in [9.17, 15) is 9.90 Å². The van der Waals surface area contributed by atoms with Gasteiger partial charge in [0.2, 0.25) is 0 Å². The van der Waals surface area contributed by atoms with Crippen LogP contribution in [0.15, 0.2) is 0 Å². The highest BCUT2D eigenvalue weighted by Crippen LogP contribution is 2.30. The molecular weight excluding hydrogens is 222 g/mol. The van der Waals surface area contributed by atoms with Crippen LogP contribution in [0.4, 0.5) is 0 Å². The van der Waals surface area contributed by atoms with E-state index in [1.54, 1.807) is 0 Å². The molecule has 0 spiro atoms. The summed E-state index contributed by atoms with van der Waals surface area (Å²) in [5, 5.41) is 10.1. The highest BCUT2D eigenvalue weighted by atomic mass is 16.5. The number of morpholine rings is 1. The van der Waals surface area contributed by atoms with Gasteiger partial charge in [0.25, 0.3) is 0 Å². The van der Waals surface area contributed by atoms with Gasteiger partial charge in [-0.05, 0) is 26.2 Å². The van der Waals surface area contributed by atoms with Crippen LogP contribution in [-0.4, -0.2) is 60.5 Å². The standard InChI is InChI=1S/C12H21NO4/c1-12(15,11(14)16-2)8-13-6-7-17-10-5-3-4-9(10)13/h9-10,15H,3-8H2,1-2H3. The molecule has 1 heterocycles. The van der Waals surface area contributed by atoms with E-state index < -0.39 is 11.6 Å². The van der Waals surface area contributed by atoms with Crippen LogP contribution in [-0.2, 0) is 14.3 Å². The number of hydrogen-bond donors (Lipinski definition) is 1. The average Bonchev–Trinajstić information content (AvgIpc) is 2.76. The molecule has 5 heteroatoms. The topological polar surface area (TPSA) is 59.0 Å². The van der Waals surface area contributed by atoms with Gasteiger partial charge in [0.15, 0.2) is 5.60 Å². The summed E-state index contributed by atoms with van der Waals surface area (Å²) in [6.07, 6.45) is 3.60. The van der Waals surface area contributed by atoms with Gasteiger partial charge in [-0.25, -0.2) is 4.79 Å². The smallest absolute Gasteiger partial charge is 0.338 e. The molecule has 1 saturated heterocycles. The maximum Gasteiger partial charge on any atom is 0.338 e. The lowest BCUT2D eigenvalue weighted by Crippen LogP contribution is -2.56. The third-order valence-corrected chi connectivity index (χ3v) is 3.73. The Labute approximate surface area is 102 Å². The second-order valence-electron chi connectivity index (χ2n) is 5.14. The van der Waals surface area contributed by atoms with Crippen molar-refractivity contribution in [3.8, 4) is 0 Å². The molecule has 0 aromatic carbocycles. The van der Waals surface area contributed by atoms with Gasteiger partial charge in [0.05, 0.1) is 19.8 Å². The Bertz CT molecular complexity index is 292. The van der Waals surface area contributed by atoms with Crippen molar-refractivity contribution in [2.45, 2.75) is 43.9 Å². The molecule has 0 amide bonds. The molecule has 0 bridgehead atoms. The van der Waals surface area contributed by atoms with E-state index in [1.807, 2.05) is 0 Å². The first kappa shape index (κ1) is 12.8. The van der Waals surface area contributed by atoms with Crippen LogP contribution in [0, 0.1) is 0 Å². The van der Waals surface area contributed by atoms with Crippen LogP contribution in [0.1, 0.15) is 26.2 Å². The van der Waals surface area contributed by atoms with Crippen molar-refractivity contribution < 1.29 is 19.4 Å². The Morgan fingerprint density at radius 2 is 2.35 bits per heavy atom. The molecule has 98 valence electrons. The molecule has 0 aromatic rings. The maximum atomic E-state index is 11.5. The monoisotopic (exact) mass is 243 g/mol. The molecule has 2 fully saturated rings. The van der Waals surface area contributed by atoms with Crippen LogP contribution < -0.4 is 0 Å². The summed E-state index contributed by atoms with van der Waals surface area (Å²) in [6, 6.07) is 0.347. The van der Waals surface area contributed by atoms with Crippen LogP contribution >= 0.6 is 0 Å². The zero-order valence-electron chi connectivity index (χ0n) is 10.5. The minimum atomic E-state index is -1.43. The first-order chi connectivity index (χ1) is 8.04. The Morgan fingerprint density at radius 1 is 1.59 bits per heavy atom. The number of fused-ring (bicyclic) bond motifs is 1. The number of nitrogens with zero attached hydrogens (tertiary/aromatic N) is 1. The lowest BCUT2D eigenvalue weighted by Gasteiger charge is -2.40. The Hall–Kier alpha value is -0.650. The first-order valence-corrected chi connectivity index (χ1v) is 6.21. The number of aliphatic hydroxyl groups is 1. The van der Waals surface area contributed by atoms with E-state index in [-0.39, 0.29) is 6.10 Å². The number of carbonyl (C=O) groups excluding carboxylic acids is 1. The molecule has 3 atom stereocenters. The fourth-order valence-corrected chi connectivity index (χ4v) is 2.88. The lowest BCUT2D eigenvalue weighted by atomic mass is 10.0. The van der Waals surface area contributed by atoms with E-state index in [2.05, 4.69) is 9.64 Å². The predicted molar refractivity (Wildman–Crippen MR) is 61.6 cm³/mol. The second-order valence-corrected chi connectivity index (χ2v) is 5.14. The van der Waals surface area contributed by atoms with Crippen molar-refractivity contribution in [2.24, 2.45) is 0 Å². The predicted octanol–water partition coefficient (Wildman–Crippen LogP) is 0.164. The second kappa shape index (κ2) is 4.92. The SMILES string of the molecule is COC(=O)C(C)(O)CN1CCOC2CCCC21. The average molecular weight is 243 g/mol. The normalized spacial score (nSPS) is 32.9. The Kier molecular flexibility index (Phi) is 3.70. The number of hydrogen-bond acceptors (Lipinski definition) is 5. The quantitative estimate of drug-likeness (QED) is 0.716. The van der Waals surface area contributed by atoms with E-state index in [1.165, 1.54) is 14.0 Å². The Morgan fingerprint density at radius 3 is 3.06 bits per heavy atom. The molecule has 2 aliphatic rings. The number of esters is 1. The number of methoxy groups -OCH3 is 1. The van der Waals surface area contributed by atoms with E-state index in [4.69, 9.17) is 4.74 Å². The number of carbonyl (C=O) groups is 1. The van der Waals surface area contributed by atoms with Gasteiger partial charge < -0.3 is 14.6 Å². The van der Waals surface area contributed by atoms with Gasteiger partial charge in [-0.3, -0.25) is 4.90 Å². The lowest BCUT2D eigenvalue weighted by molar-refractivity contribution is -0.165. The summed E-state index contributed by atoms with van der Waals surface area (Å²) >= 11 is 0. The molecule has 17 heavy (non-hydrogen) atoms. The number of ether oxygens (including phenoxy) is 2.